The van der Waals surface area contributed by atoms with Gasteiger partial charge in [0, 0.05) is 5.25 Å². The number of hydrogen-bond acceptors (Lipinski definition) is 2. The fraction of sp³-hybridized carbons (Fsp3) is 1.00. The van der Waals surface area contributed by atoms with E-state index in [1.165, 1.54) is 0 Å². The van der Waals surface area contributed by atoms with Crippen molar-refractivity contribution in [1.82, 2.24) is 0 Å². The van der Waals surface area contributed by atoms with Crippen LogP contribution < -0.4 is 0 Å². The van der Waals surface area contributed by atoms with Crippen molar-refractivity contribution in [3.05, 3.63) is 0 Å². The maximum absolute atomic E-state index is 6.20. The minimum absolute atomic E-state index is 0.404. The zero-order chi connectivity index (χ0) is 11.6. The summed E-state index contributed by atoms with van der Waals surface area (Å²) in [7, 11) is 0. The van der Waals surface area contributed by atoms with E-state index in [2.05, 4.69) is 41.5 Å². The van der Waals surface area contributed by atoms with Crippen molar-refractivity contribution >= 4 is 11.8 Å². The molecule has 1 fully saturated rings. The first-order valence-electron chi connectivity index (χ1n) is 6.28. The minimum Gasteiger partial charge on any atom is -0.364 e. The van der Waals surface area contributed by atoms with Crippen molar-refractivity contribution in [3.63, 3.8) is 0 Å². The van der Waals surface area contributed by atoms with Crippen LogP contribution in [0.15, 0.2) is 0 Å². The lowest BCUT2D eigenvalue weighted by atomic mass is 9.79. The van der Waals surface area contributed by atoms with Gasteiger partial charge in [-0.15, -0.1) is 11.8 Å². The Bertz CT molecular complexity index is 191. The molecule has 0 radical (unpaired) electrons. The first kappa shape index (κ1) is 13.4. The predicted octanol–water partition coefficient (Wildman–Crippen LogP) is 4.17. The van der Waals surface area contributed by atoms with E-state index in [0.717, 1.165) is 12.3 Å². The van der Waals surface area contributed by atoms with Gasteiger partial charge >= 0.3 is 0 Å². The summed E-state index contributed by atoms with van der Waals surface area (Å²) in [6, 6.07) is 0. The topological polar surface area (TPSA) is 9.23 Å². The molecule has 15 heavy (non-hydrogen) atoms. The van der Waals surface area contributed by atoms with Gasteiger partial charge in [-0.3, -0.25) is 0 Å². The van der Waals surface area contributed by atoms with Crippen molar-refractivity contribution in [2.75, 3.05) is 0 Å². The zero-order valence-corrected chi connectivity index (χ0v) is 11.8. The van der Waals surface area contributed by atoms with Crippen LogP contribution in [0.2, 0.25) is 0 Å². The molecular formula is C13H26OS. The Kier molecular flexibility index (Phi) is 4.98. The average molecular weight is 230 g/mol. The SMILES string of the molecule is CCC1OC(SC(C)C)[C@H](C)C(C)[C@H]1C. The van der Waals surface area contributed by atoms with Crippen LogP contribution in [-0.2, 0) is 4.74 Å². The molecule has 0 N–H and O–H groups in total. The average Bonchev–Trinajstić information content (AvgIpc) is 2.18. The highest BCUT2D eigenvalue weighted by Gasteiger charge is 2.38. The summed E-state index contributed by atoms with van der Waals surface area (Å²) < 4.78 is 6.20. The summed E-state index contributed by atoms with van der Waals surface area (Å²) in [5, 5.41) is 0.663. The van der Waals surface area contributed by atoms with Gasteiger partial charge in [0.1, 0.15) is 5.44 Å². The van der Waals surface area contributed by atoms with Crippen LogP contribution in [-0.4, -0.2) is 16.8 Å². The monoisotopic (exact) mass is 230 g/mol. The Morgan fingerprint density at radius 2 is 1.67 bits per heavy atom. The Morgan fingerprint density at radius 1 is 1.07 bits per heavy atom. The quantitative estimate of drug-likeness (QED) is 0.719. The van der Waals surface area contributed by atoms with Crippen LogP contribution in [0.3, 0.4) is 0 Å². The third-order valence-electron chi connectivity index (χ3n) is 3.79. The van der Waals surface area contributed by atoms with Crippen LogP contribution in [0.1, 0.15) is 48.0 Å². The second-order valence-corrected chi connectivity index (χ2v) is 6.89. The fourth-order valence-electron chi connectivity index (χ4n) is 2.38. The van der Waals surface area contributed by atoms with Crippen molar-refractivity contribution < 1.29 is 4.74 Å². The van der Waals surface area contributed by atoms with Gasteiger partial charge in [-0.05, 0) is 24.2 Å². The second kappa shape index (κ2) is 5.58. The third-order valence-corrected chi connectivity index (χ3v) is 5.14. The number of thioether (sulfide) groups is 1. The molecule has 1 aliphatic rings. The molecule has 0 aromatic heterocycles. The summed E-state index contributed by atoms with van der Waals surface area (Å²) >= 11 is 1.99. The van der Waals surface area contributed by atoms with E-state index >= 15 is 0 Å². The van der Waals surface area contributed by atoms with Gasteiger partial charge in [-0.1, -0.05) is 41.5 Å². The van der Waals surface area contributed by atoms with Gasteiger partial charge in [-0.25, -0.2) is 0 Å². The summed E-state index contributed by atoms with van der Waals surface area (Å²) in [6.45, 7) is 13.8. The number of rotatable bonds is 3. The van der Waals surface area contributed by atoms with Gasteiger partial charge in [0.05, 0.1) is 6.10 Å². The van der Waals surface area contributed by atoms with Gasteiger partial charge in [0.15, 0.2) is 0 Å². The molecule has 0 spiro atoms. The molecule has 0 aromatic rings. The van der Waals surface area contributed by atoms with E-state index in [1.54, 1.807) is 0 Å². The van der Waals surface area contributed by atoms with E-state index in [4.69, 9.17) is 4.74 Å². The normalized spacial score (nSPS) is 42.2. The first-order chi connectivity index (χ1) is 6.97. The van der Waals surface area contributed by atoms with E-state index in [0.29, 0.717) is 28.6 Å². The smallest absolute Gasteiger partial charge is 0.106 e. The van der Waals surface area contributed by atoms with Gasteiger partial charge in [0.2, 0.25) is 0 Å². The lowest BCUT2D eigenvalue weighted by Gasteiger charge is -2.43. The molecule has 1 aliphatic heterocycles. The van der Waals surface area contributed by atoms with E-state index in [-0.39, 0.29) is 0 Å². The van der Waals surface area contributed by atoms with E-state index < -0.39 is 0 Å². The van der Waals surface area contributed by atoms with Crippen LogP contribution in [0.5, 0.6) is 0 Å². The third kappa shape index (κ3) is 3.13. The molecule has 1 rings (SSSR count). The molecule has 3 unspecified atom stereocenters. The van der Waals surface area contributed by atoms with Crippen molar-refractivity contribution in [1.29, 1.82) is 0 Å². The summed E-state index contributed by atoms with van der Waals surface area (Å²) in [5.74, 6) is 2.16. The predicted molar refractivity (Wildman–Crippen MR) is 69.2 cm³/mol. The Balaban J connectivity index is 2.65. The van der Waals surface area contributed by atoms with Crippen molar-refractivity contribution in [3.8, 4) is 0 Å². The molecule has 1 heterocycles. The minimum atomic E-state index is 0.404. The largest absolute Gasteiger partial charge is 0.364 e. The maximum atomic E-state index is 6.20. The Morgan fingerprint density at radius 3 is 2.13 bits per heavy atom. The molecule has 0 amide bonds. The molecule has 0 aliphatic carbocycles. The highest BCUT2D eigenvalue weighted by Crippen LogP contribution is 2.41. The standard InChI is InChI=1S/C13H26OS/c1-7-12-10(5)9(4)11(6)13(14-12)15-8(2)3/h8-13H,7H2,1-6H3/t9?,10-,11-,12?,13?/m1/s1. The fourth-order valence-corrected chi connectivity index (χ4v) is 3.62. The lowest BCUT2D eigenvalue weighted by Crippen LogP contribution is -2.43. The van der Waals surface area contributed by atoms with Crippen LogP contribution in [0, 0.1) is 17.8 Å². The first-order valence-corrected chi connectivity index (χ1v) is 7.22. The lowest BCUT2D eigenvalue weighted by molar-refractivity contribution is -0.0946. The molecule has 1 saturated heterocycles. The van der Waals surface area contributed by atoms with Gasteiger partial charge in [-0.2, -0.15) is 0 Å². The molecule has 0 bridgehead atoms. The highest BCUT2D eigenvalue weighted by atomic mass is 32.2. The maximum Gasteiger partial charge on any atom is 0.106 e. The molecule has 0 aromatic carbocycles. The van der Waals surface area contributed by atoms with Crippen molar-refractivity contribution in [2.24, 2.45) is 17.8 Å². The van der Waals surface area contributed by atoms with E-state index in [1.807, 2.05) is 11.8 Å². The molecule has 5 atom stereocenters. The molecule has 90 valence electrons. The Labute approximate surface area is 99.3 Å². The Hall–Kier alpha value is 0.310. The van der Waals surface area contributed by atoms with Gasteiger partial charge < -0.3 is 4.74 Å². The molecular weight excluding hydrogens is 204 g/mol. The van der Waals surface area contributed by atoms with E-state index in [9.17, 15) is 0 Å². The highest BCUT2D eigenvalue weighted by molar-refractivity contribution is 8.00. The van der Waals surface area contributed by atoms with Crippen LogP contribution >= 0.6 is 11.8 Å². The molecule has 1 nitrogen and oxygen atoms in total. The molecule has 0 saturated carbocycles. The summed E-state index contributed by atoms with van der Waals surface area (Å²) in [5.41, 5.74) is 0.404. The second-order valence-electron chi connectivity index (χ2n) is 5.21. The van der Waals surface area contributed by atoms with Crippen LogP contribution in [0.25, 0.3) is 0 Å². The zero-order valence-electron chi connectivity index (χ0n) is 11.0. The number of hydrogen-bond donors (Lipinski definition) is 0. The number of ether oxygens (including phenoxy) is 1. The van der Waals surface area contributed by atoms with Gasteiger partial charge in [0.25, 0.3) is 0 Å². The summed E-state index contributed by atoms with van der Waals surface area (Å²) in [4.78, 5) is 0. The van der Waals surface area contributed by atoms with Crippen LogP contribution in [0.4, 0.5) is 0 Å². The van der Waals surface area contributed by atoms with Crippen molar-refractivity contribution in [2.45, 2.75) is 64.8 Å². The summed E-state index contributed by atoms with van der Waals surface area (Å²) in [6.07, 6.45) is 1.61. The molecule has 2 heteroatoms.